The zero-order valence-corrected chi connectivity index (χ0v) is 12.8. The molecule has 0 spiro atoms. The number of nitrogens with zero attached hydrogens (tertiary/aromatic N) is 1. The van der Waals surface area contributed by atoms with Gasteiger partial charge in [0, 0.05) is 12.6 Å². The summed E-state index contributed by atoms with van der Waals surface area (Å²) in [7, 11) is 1.37. The second-order valence-electron chi connectivity index (χ2n) is 6.88. The van der Waals surface area contributed by atoms with Crippen molar-refractivity contribution in [2.24, 2.45) is 11.8 Å². The summed E-state index contributed by atoms with van der Waals surface area (Å²) in [6.07, 6.45) is 3.31. The summed E-state index contributed by atoms with van der Waals surface area (Å²) in [6, 6.07) is 0.221. The van der Waals surface area contributed by atoms with Crippen LogP contribution in [-0.2, 0) is 14.3 Å². The number of rotatable bonds is 4. The number of hydrogen-bond acceptors (Lipinski definition) is 4. The van der Waals surface area contributed by atoms with Crippen molar-refractivity contribution >= 4 is 12.1 Å². The van der Waals surface area contributed by atoms with Crippen molar-refractivity contribution in [2.45, 2.75) is 58.1 Å². The summed E-state index contributed by atoms with van der Waals surface area (Å²) in [5.41, 5.74) is -0.512. The van der Waals surface area contributed by atoms with Crippen molar-refractivity contribution in [2.75, 3.05) is 13.7 Å². The quantitative estimate of drug-likeness (QED) is 0.744. The summed E-state index contributed by atoms with van der Waals surface area (Å²) in [5.74, 6) is 1.27. The van der Waals surface area contributed by atoms with Gasteiger partial charge in [0.25, 0.3) is 0 Å². The topological polar surface area (TPSA) is 55.8 Å². The van der Waals surface area contributed by atoms with Crippen molar-refractivity contribution in [3.63, 3.8) is 0 Å². The summed E-state index contributed by atoms with van der Waals surface area (Å²) in [6.45, 7) is 5.95. The molecule has 2 unspecified atom stereocenters. The molecule has 0 N–H and O–H groups in total. The zero-order chi connectivity index (χ0) is 14.9. The molecule has 0 bridgehead atoms. The lowest BCUT2D eigenvalue weighted by molar-refractivity contribution is -0.141. The fraction of sp³-hybridized carbons (Fsp3) is 0.867. The average Bonchev–Trinajstić information content (AvgIpc) is 2.94. The first-order valence-electron chi connectivity index (χ1n) is 7.36. The minimum Gasteiger partial charge on any atom is -0.469 e. The monoisotopic (exact) mass is 283 g/mol. The Balaban J connectivity index is 1.95. The second-order valence-corrected chi connectivity index (χ2v) is 6.88. The maximum absolute atomic E-state index is 12.3. The second kappa shape index (κ2) is 5.62. The van der Waals surface area contributed by atoms with E-state index in [1.807, 2.05) is 20.8 Å². The molecule has 0 aromatic heterocycles. The van der Waals surface area contributed by atoms with Crippen LogP contribution in [0.1, 0.15) is 46.5 Å². The van der Waals surface area contributed by atoms with E-state index in [1.165, 1.54) is 13.5 Å². The van der Waals surface area contributed by atoms with Gasteiger partial charge in [-0.3, -0.25) is 4.79 Å². The van der Waals surface area contributed by atoms with E-state index in [1.54, 1.807) is 4.90 Å². The van der Waals surface area contributed by atoms with Gasteiger partial charge in [-0.15, -0.1) is 0 Å². The molecule has 0 aromatic rings. The van der Waals surface area contributed by atoms with Crippen LogP contribution in [-0.4, -0.2) is 42.3 Å². The molecule has 114 valence electrons. The summed E-state index contributed by atoms with van der Waals surface area (Å²) in [5, 5.41) is 0. The van der Waals surface area contributed by atoms with E-state index in [4.69, 9.17) is 4.74 Å². The number of ether oxygens (including phenoxy) is 2. The molecule has 5 heteroatoms. The van der Waals surface area contributed by atoms with Gasteiger partial charge in [-0.05, 0) is 51.9 Å². The normalized spacial score (nSPS) is 27.7. The highest BCUT2D eigenvalue weighted by Crippen LogP contribution is 2.53. The van der Waals surface area contributed by atoms with E-state index in [-0.39, 0.29) is 24.5 Å². The number of fused-ring (bicyclic) bond motifs is 1. The molecule has 2 aliphatic carbocycles. The largest absolute Gasteiger partial charge is 0.469 e. The minimum atomic E-state index is -0.512. The van der Waals surface area contributed by atoms with Gasteiger partial charge in [-0.1, -0.05) is 0 Å². The minimum absolute atomic E-state index is 0.221. The van der Waals surface area contributed by atoms with E-state index in [0.29, 0.717) is 6.54 Å². The van der Waals surface area contributed by atoms with Crippen LogP contribution >= 0.6 is 0 Å². The maximum atomic E-state index is 12.3. The Morgan fingerprint density at radius 1 is 1.15 bits per heavy atom. The molecule has 2 aliphatic rings. The van der Waals surface area contributed by atoms with Crippen molar-refractivity contribution in [3.05, 3.63) is 0 Å². The highest BCUT2D eigenvalue weighted by atomic mass is 16.6. The van der Waals surface area contributed by atoms with Gasteiger partial charge in [-0.25, -0.2) is 4.79 Å². The summed E-state index contributed by atoms with van der Waals surface area (Å²) in [4.78, 5) is 25.4. The highest BCUT2D eigenvalue weighted by Gasteiger charge is 2.48. The average molecular weight is 283 g/mol. The predicted molar refractivity (Wildman–Crippen MR) is 74.2 cm³/mol. The van der Waals surface area contributed by atoms with Gasteiger partial charge in [0.2, 0.25) is 0 Å². The Hall–Kier alpha value is -1.26. The first kappa shape index (κ1) is 15.1. The molecule has 0 saturated heterocycles. The van der Waals surface area contributed by atoms with Crippen LogP contribution in [0.5, 0.6) is 0 Å². The van der Waals surface area contributed by atoms with Gasteiger partial charge in [-0.2, -0.15) is 0 Å². The Labute approximate surface area is 120 Å². The predicted octanol–water partition coefficient (Wildman–Crippen LogP) is 2.59. The number of amides is 1. The van der Waals surface area contributed by atoms with Crippen LogP contribution in [0.2, 0.25) is 0 Å². The lowest BCUT2D eigenvalue weighted by Crippen LogP contribution is -2.44. The number of hydrogen-bond donors (Lipinski definition) is 0. The van der Waals surface area contributed by atoms with Crippen LogP contribution in [0.15, 0.2) is 0 Å². The molecular formula is C15H25NO4. The van der Waals surface area contributed by atoms with Crippen molar-refractivity contribution < 1.29 is 19.1 Å². The molecule has 1 amide bonds. The molecule has 2 atom stereocenters. The fourth-order valence-corrected chi connectivity index (χ4v) is 2.99. The molecule has 0 aliphatic heterocycles. The van der Waals surface area contributed by atoms with E-state index in [9.17, 15) is 9.59 Å². The van der Waals surface area contributed by atoms with Gasteiger partial charge in [0.15, 0.2) is 0 Å². The van der Waals surface area contributed by atoms with Crippen molar-refractivity contribution in [1.29, 1.82) is 0 Å². The van der Waals surface area contributed by atoms with Gasteiger partial charge in [0.1, 0.15) is 5.60 Å². The molecular weight excluding hydrogens is 258 g/mol. The Morgan fingerprint density at radius 2 is 1.75 bits per heavy atom. The van der Waals surface area contributed by atoms with Crippen LogP contribution in [0.3, 0.4) is 0 Å². The van der Waals surface area contributed by atoms with Crippen molar-refractivity contribution in [1.82, 2.24) is 4.90 Å². The molecule has 0 aromatic carbocycles. The Morgan fingerprint density at radius 3 is 2.25 bits per heavy atom. The molecule has 0 heterocycles. The third-order valence-corrected chi connectivity index (χ3v) is 4.07. The van der Waals surface area contributed by atoms with Crippen LogP contribution in [0.4, 0.5) is 4.79 Å². The maximum Gasteiger partial charge on any atom is 0.410 e. The Kier molecular flexibility index (Phi) is 4.25. The van der Waals surface area contributed by atoms with Gasteiger partial charge >= 0.3 is 12.1 Å². The van der Waals surface area contributed by atoms with Crippen molar-refractivity contribution in [3.8, 4) is 0 Å². The molecule has 2 saturated carbocycles. The number of methoxy groups -OCH3 is 1. The number of esters is 1. The summed E-state index contributed by atoms with van der Waals surface area (Å²) < 4.78 is 10.1. The highest BCUT2D eigenvalue weighted by molar-refractivity contribution is 5.72. The zero-order valence-electron chi connectivity index (χ0n) is 12.8. The van der Waals surface area contributed by atoms with E-state index in [0.717, 1.165) is 24.7 Å². The number of carbonyl (C=O) groups is 2. The molecule has 2 fully saturated rings. The first-order chi connectivity index (χ1) is 9.30. The Bertz CT molecular complexity index is 378. The SMILES string of the molecule is COC(=O)CCN(C(=O)OC(C)(C)C)C1CC2CC2C1. The molecule has 2 rings (SSSR count). The lowest BCUT2D eigenvalue weighted by atomic mass is 10.1. The number of carbonyl (C=O) groups excluding carboxylic acids is 2. The third kappa shape index (κ3) is 3.87. The molecule has 0 radical (unpaired) electrons. The lowest BCUT2D eigenvalue weighted by Gasteiger charge is -2.32. The molecule has 20 heavy (non-hydrogen) atoms. The standard InChI is InChI=1S/C15H25NO4/c1-15(2,3)20-14(18)16(6-5-13(17)19-4)12-8-10-7-11(10)9-12/h10-12H,5-9H2,1-4H3. The van der Waals surface area contributed by atoms with E-state index in [2.05, 4.69) is 4.74 Å². The van der Waals surface area contributed by atoms with E-state index < -0.39 is 5.60 Å². The third-order valence-electron chi connectivity index (χ3n) is 4.07. The van der Waals surface area contributed by atoms with Crippen LogP contribution in [0.25, 0.3) is 0 Å². The molecule has 5 nitrogen and oxygen atoms in total. The first-order valence-corrected chi connectivity index (χ1v) is 7.36. The van der Waals surface area contributed by atoms with Crippen LogP contribution in [0, 0.1) is 11.8 Å². The van der Waals surface area contributed by atoms with Crippen LogP contribution < -0.4 is 0 Å². The smallest absolute Gasteiger partial charge is 0.410 e. The van der Waals surface area contributed by atoms with Gasteiger partial charge in [0.05, 0.1) is 13.5 Å². The fourth-order valence-electron chi connectivity index (χ4n) is 2.99. The van der Waals surface area contributed by atoms with Gasteiger partial charge < -0.3 is 14.4 Å². The summed E-state index contributed by atoms with van der Waals surface area (Å²) >= 11 is 0. The van der Waals surface area contributed by atoms with E-state index >= 15 is 0 Å².